The van der Waals surface area contributed by atoms with E-state index in [0.29, 0.717) is 18.9 Å². The van der Waals surface area contributed by atoms with E-state index in [1.165, 1.54) is 6.26 Å². The second-order valence-electron chi connectivity index (χ2n) is 3.95. The summed E-state index contributed by atoms with van der Waals surface area (Å²) in [6.07, 6.45) is 4.56. The number of nitrogens with one attached hydrogen (secondary N) is 1. The lowest BCUT2D eigenvalue weighted by atomic mass is 10.4. The van der Waals surface area contributed by atoms with E-state index in [-0.39, 0.29) is 5.75 Å². The number of aromatic nitrogens is 2. The van der Waals surface area contributed by atoms with Crippen molar-refractivity contribution in [3.8, 4) is 0 Å². The van der Waals surface area contributed by atoms with Crippen molar-refractivity contribution in [3.05, 3.63) is 18.1 Å². The quantitative estimate of drug-likeness (QED) is 0.753. The summed E-state index contributed by atoms with van der Waals surface area (Å²) in [5.41, 5.74) is 0.854. The Bertz CT molecular complexity index is 444. The molecule has 0 radical (unpaired) electrons. The molecule has 0 bridgehead atoms. The third-order valence-corrected chi connectivity index (χ3v) is 3.16. The Kier molecular flexibility index (Phi) is 4.83. The van der Waals surface area contributed by atoms with Gasteiger partial charge in [-0.15, -0.1) is 0 Å². The second kappa shape index (κ2) is 5.92. The molecule has 96 valence electrons. The van der Waals surface area contributed by atoms with Crippen molar-refractivity contribution < 1.29 is 8.42 Å². The van der Waals surface area contributed by atoms with Crippen LogP contribution in [0.4, 0.5) is 5.82 Å². The Morgan fingerprint density at radius 1 is 1.35 bits per heavy atom. The minimum atomic E-state index is -2.94. The number of anilines is 1. The molecule has 0 aliphatic rings. The monoisotopic (exact) mass is 258 g/mol. The maximum atomic E-state index is 11.0. The summed E-state index contributed by atoms with van der Waals surface area (Å²) in [4.78, 5) is 10.2. The summed E-state index contributed by atoms with van der Waals surface area (Å²) in [5.74, 6) is 0.789. The lowest BCUT2D eigenvalue weighted by molar-refractivity contribution is 0.601. The van der Waals surface area contributed by atoms with Crippen LogP contribution in [0.25, 0.3) is 0 Å². The molecule has 0 atom stereocenters. The van der Waals surface area contributed by atoms with Gasteiger partial charge in [-0.1, -0.05) is 0 Å². The summed E-state index contributed by atoms with van der Waals surface area (Å²) in [7, 11) is 0.696. The van der Waals surface area contributed by atoms with Crippen LogP contribution in [-0.2, 0) is 16.4 Å². The SMILES string of the molecule is CNCc1cnc(N(C)CCS(C)(=O)=O)cn1. The first-order valence-electron chi connectivity index (χ1n) is 5.27. The molecule has 6 nitrogen and oxygen atoms in total. The molecule has 0 amide bonds. The van der Waals surface area contributed by atoms with Crippen LogP contribution in [0, 0.1) is 0 Å². The average molecular weight is 258 g/mol. The van der Waals surface area contributed by atoms with Gasteiger partial charge in [-0.05, 0) is 7.05 Å². The van der Waals surface area contributed by atoms with Crippen molar-refractivity contribution in [1.82, 2.24) is 15.3 Å². The Morgan fingerprint density at radius 3 is 2.53 bits per heavy atom. The lowest BCUT2D eigenvalue weighted by Crippen LogP contribution is -2.25. The zero-order valence-electron chi connectivity index (χ0n) is 10.3. The molecule has 0 spiro atoms. The van der Waals surface area contributed by atoms with Crippen LogP contribution in [0.15, 0.2) is 12.4 Å². The second-order valence-corrected chi connectivity index (χ2v) is 6.21. The van der Waals surface area contributed by atoms with Gasteiger partial charge in [0.05, 0.1) is 23.8 Å². The molecule has 1 rings (SSSR count). The zero-order chi connectivity index (χ0) is 12.9. The first-order chi connectivity index (χ1) is 7.92. The summed E-state index contributed by atoms with van der Waals surface area (Å²) >= 11 is 0. The normalized spacial score (nSPS) is 11.5. The van der Waals surface area contributed by atoms with Crippen LogP contribution in [0.2, 0.25) is 0 Å². The molecular weight excluding hydrogens is 240 g/mol. The smallest absolute Gasteiger partial charge is 0.149 e. The Hall–Kier alpha value is -1.21. The summed E-state index contributed by atoms with van der Waals surface area (Å²) in [5, 5.41) is 2.98. The molecule has 0 unspecified atom stereocenters. The fourth-order valence-electron chi connectivity index (χ4n) is 1.23. The molecule has 1 aromatic rings. The van der Waals surface area contributed by atoms with Gasteiger partial charge in [0.15, 0.2) is 0 Å². The Balaban J connectivity index is 2.60. The van der Waals surface area contributed by atoms with E-state index in [1.54, 1.807) is 24.3 Å². The van der Waals surface area contributed by atoms with Gasteiger partial charge in [0, 0.05) is 26.4 Å². The Labute approximate surface area is 102 Å². The standard InChI is InChI=1S/C10H18N4O2S/c1-11-6-9-7-13-10(8-12-9)14(2)4-5-17(3,15)16/h7-8,11H,4-6H2,1-3H3. The van der Waals surface area contributed by atoms with Crippen LogP contribution in [0.3, 0.4) is 0 Å². The summed E-state index contributed by atoms with van der Waals surface area (Å²) < 4.78 is 22.1. The van der Waals surface area contributed by atoms with Gasteiger partial charge in [-0.25, -0.2) is 13.4 Å². The molecule has 1 heterocycles. The molecule has 1 aromatic heterocycles. The highest BCUT2D eigenvalue weighted by molar-refractivity contribution is 7.90. The molecule has 0 saturated heterocycles. The maximum absolute atomic E-state index is 11.0. The van der Waals surface area contributed by atoms with Gasteiger partial charge in [-0.2, -0.15) is 0 Å². The molecule has 0 aromatic carbocycles. The molecular formula is C10H18N4O2S. The number of hydrogen-bond acceptors (Lipinski definition) is 6. The Morgan fingerprint density at radius 2 is 2.06 bits per heavy atom. The van der Waals surface area contributed by atoms with E-state index < -0.39 is 9.84 Å². The molecule has 0 aliphatic carbocycles. The predicted octanol–water partition coefficient (Wildman–Crippen LogP) is -0.323. The van der Waals surface area contributed by atoms with E-state index in [2.05, 4.69) is 15.3 Å². The predicted molar refractivity (Wildman–Crippen MR) is 67.8 cm³/mol. The van der Waals surface area contributed by atoms with Crippen molar-refractivity contribution in [3.63, 3.8) is 0 Å². The molecule has 0 fully saturated rings. The van der Waals surface area contributed by atoms with Crippen molar-refractivity contribution >= 4 is 15.7 Å². The van der Waals surface area contributed by atoms with E-state index >= 15 is 0 Å². The fourth-order valence-corrected chi connectivity index (χ4v) is 1.84. The van der Waals surface area contributed by atoms with Crippen LogP contribution < -0.4 is 10.2 Å². The van der Waals surface area contributed by atoms with Gasteiger partial charge in [0.2, 0.25) is 0 Å². The zero-order valence-corrected chi connectivity index (χ0v) is 11.2. The molecule has 17 heavy (non-hydrogen) atoms. The highest BCUT2D eigenvalue weighted by Crippen LogP contribution is 2.06. The first kappa shape index (κ1) is 13.9. The average Bonchev–Trinajstić information content (AvgIpc) is 2.26. The van der Waals surface area contributed by atoms with E-state index in [4.69, 9.17) is 0 Å². The lowest BCUT2D eigenvalue weighted by Gasteiger charge is -2.17. The number of rotatable bonds is 6. The van der Waals surface area contributed by atoms with Gasteiger partial charge in [-0.3, -0.25) is 4.98 Å². The van der Waals surface area contributed by atoms with E-state index in [9.17, 15) is 8.42 Å². The van der Waals surface area contributed by atoms with Gasteiger partial charge >= 0.3 is 0 Å². The third-order valence-electron chi connectivity index (χ3n) is 2.24. The minimum Gasteiger partial charge on any atom is -0.357 e. The number of nitrogens with zero attached hydrogens (tertiary/aromatic N) is 3. The molecule has 7 heteroatoms. The van der Waals surface area contributed by atoms with Gasteiger partial charge in [0.1, 0.15) is 15.7 Å². The van der Waals surface area contributed by atoms with Gasteiger partial charge in [0.25, 0.3) is 0 Å². The third kappa shape index (κ3) is 5.10. The van der Waals surface area contributed by atoms with Crippen LogP contribution in [0.5, 0.6) is 0 Å². The fraction of sp³-hybridized carbons (Fsp3) is 0.600. The van der Waals surface area contributed by atoms with Crippen molar-refractivity contribution in [2.75, 3.05) is 37.5 Å². The van der Waals surface area contributed by atoms with E-state index in [1.807, 2.05) is 7.05 Å². The number of sulfone groups is 1. The minimum absolute atomic E-state index is 0.115. The van der Waals surface area contributed by atoms with E-state index in [0.717, 1.165) is 5.69 Å². The van der Waals surface area contributed by atoms with Crippen molar-refractivity contribution in [2.45, 2.75) is 6.54 Å². The molecule has 0 saturated carbocycles. The molecule has 1 N–H and O–H groups in total. The van der Waals surface area contributed by atoms with Crippen LogP contribution in [-0.4, -0.2) is 51.0 Å². The summed E-state index contributed by atoms with van der Waals surface area (Å²) in [6.45, 7) is 1.08. The largest absolute Gasteiger partial charge is 0.357 e. The first-order valence-corrected chi connectivity index (χ1v) is 7.33. The van der Waals surface area contributed by atoms with Gasteiger partial charge < -0.3 is 10.2 Å². The topological polar surface area (TPSA) is 75.2 Å². The maximum Gasteiger partial charge on any atom is 0.149 e. The summed E-state index contributed by atoms with van der Waals surface area (Å²) in [6, 6.07) is 0. The molecule has 0 aliphatic heterocycles. The number of hydrogen-bond donors (Lipinski definition) is 1. The highest BCUT2D eigenvalue weighted by atomic mass is 32.2. The van der Waals surface area contributed by atoms with Crippen LogP contribution in [0.1, 0.15) is 5.69 Å². The van der Waals surface area contributed by atoms with Crippen LogP contribution >= 0.6 is 0 Å². The highest BCUT2D eigenvalue weighted by Gasteiger charge is 2.07. The van der Waals surface area contributed by atoms with Crippen molar-refractivity contribution in [1.29, 1.82) is 0 Å². The van der Waals surface area contributed by atoms with Crippen molar-refractivity contribution in [2.24, 2.45) is 0 Å².